The summed E-state index contributed by atoms with van der Waals surface area (Å²) >= 11 is 0. The summed E-state index contributed by atoms with van der Waals surface area (Å²) in [5.74, 6) is -3.24. The van der Waals surface area contributed by atoms with Gasteiger partial charge < -0.3 is 5.73 Å². The lowest BCUT2D eigenvalue weighted by atomic mass is 10.1. The minimum absolute atomic E-state index is 0.256. The molecular weight excluding hydrogens is 231 g/mol. The fourth-order valence-corrected chi connectivity index (χ4v) is 1.10. The zero-order valence-corrected chi connectivity index (χ0v) is 8.06. The first-order chi connectivity index (χ1) is 7.27. The van der Waals surface area contributed by atoms with Crippen molar-refractivity contribution < 1.29 is 22.0 Å². The van der Waals surface area contributed by atoms with Crippen LogP contribution in [0.2, 0.25) is 0 Å². The fraction of sp³-hybridized carbons (Fsp3) is 0.444. The van der Waals surface area contributed by atoms with Crippen LogP contribution in [0.15, 0.2) is 18.3 Å². The Bertz CT molecular complexity index is 344. The molecule has 2 N–H and O–H groups in total. The second-order valence-corrected chi connectivity index (χ2v) is 3.17. The number of hydrogen-bond donors (Lipinski definition) is 1. The van der Waals surface area contributed by atoms with Gasteiger partial charge in [-0.25, -0.2) is 8.78 Å². The SMILES string of the molecule is NCCC(F)(F)c1ccc(C(F)(F)F)nc1. The van der Waals surface area contributed by atoms with Gasteiger partial charge in [-0.1, -0.05) is 0 Å². The van der Waals surface area contributed by atoms with Crippen LogP contribution in [0, 0.1) is 0 Å². The third-order valence-corrected chi connectivity index (χ3v) is 1.93. The largest absolute Gasteiger partial charge is 0.433 e. The van der Waals surface area contributed by atoms with Crippen molar-refractivity contribution in [3.05, 3.63) is 29.6 Å². The molecule has 2 nitrogen and oxygen atoms in total. The molecule has 90 valence electrons. The number of nitrogens with two attached hydrogens (primary N) is 1. The summed E-state index contributed by atoms with van der Waals surface area (Å²) in [6.45, 7) is -0.256. The molecule has 0 saturated carbocycles. The minimum Gasteiger partial charge on any atom is -0.330 e. The molecule has 0 amide bonds. The maximum absolute atomic E-state index is 13.2. The Kier molecular flexibility index (Phi) is 3.47. The van der Waals surface area contributed by atoms with E-state index in [4.69, 9.17) is 5.73 Å². The average molecular weight is 240 g/mol. The molecule has 7 heteroatoms. The highest BCUT2D eigenvalue weighted by Crippen LogP contribution is 2.33. The molecule has 0 saturated heterocycles. The van der Waals surface area contributed by atoms with Gasteiger partial charge in [0.15, 0.2) is 0 Å². The third-order valence-electron chi connectivity index (χ3n) is 1.93. The van der Waals surface area contributed by atoms with Crippen LogP contribution in [0.3, 0.4) is 0 Å². The molecule has 0 unspecified atom stereocenters. The third kappa shape index (κ3) is 2.88. The smallest absolute Gasteiger partial charge is 0.330 e. The number of alkyl halides is 5. The van der Waals surface area contributed by atoms with E-state index in [0.29, 0.717) is 18.3 Å². The zero-order valence-electron chi connectivity index (χ0n) is 8.06. The summed E-state index contributed by atoms with van der Waals surface area (Å²) in [5.41, 5.74) is 3.21. The van der Waals surface area contributed by atoms with Crippen LogP contribution in [-0.4, -0.2) is 11.5 Å². The van der Waals surface area contributed by atoms with E-state index in [9.17, 15) is 22.0 Å². The van der Waals surface area contributed by atoms with Gasteiger partial charge in [-0.15, -0.1) is 0 Å². The van der Waals surface area contributed by atoms with Gasteiger partial charge >= 0.3 is 6.18 Å². The van der Waals surface area contributed by atoms with Gasteiger partial charge in [0.05, 0.1) is 0 Å². The molecule has 0 bridgehead atoms. The van der Waals surface area contributed by atoms with Gasteiger partial charge in [0.25, 0.3) is 5.92 Å². The van der Waals surface area contributed by atoms with Crippen LogP contribution in [0.4, 0.5) is 22.0 Å². The minimum atomic E-state index is -4.62. The molecule has 0 spiro atoms. The second kappa shape index (κ2) is 4.32. The van der Waals surface area contributed by atoms with E-state index < -0.39 is 29.8 Å². The van der Waals surface area contributed by atoms with Crippen molar-refractivity contribution >= 4 is 0 Å². The zero-order chi connectivity index (χ0) is 12.4. The van der Waals surface area contributed by atoms with Crippen LogP contribution >= 0.6 is 0 Å². The summed E-state index contributed by atoms with van der Waals surface area (Å²) in [4.78, 5) is 2.95. The molecule has 1 rings (SSSR count). The molecule has 0 aliphatic heterocycles. The Balaban J connectivity index is 2.95. The Morgan fingerprint density at radius 1 is 1.12 bits per heavy atom. The first-order valence-electron chi connectivity index (χ1n) is 4.39. The predicted molar refractivity (Wildman–Crippen MR) is 46.8 cm³/mol. The summed E-state index contributed by atoms with van der Waals surface area (Å²) < 4.78 is 62.6. The van der Waals surface area contributed by atoms with Crippen LogP contribution < -0.4 is 5.73 Å². The molecule has 0 atom stereocenters. The molecule has 0 fully saturated rings. The molecule has 1 aromatic heterocycles. The monoisotopic (exact) mass is 240 g/mol. The molecule has 0 radical (unpaired) electrons. The Morgan fingerprint density at radius 3 is 2.12 bits per heavy atom. The Labute approximate surface area is 88.3 Å². The van der Waals surface area contributed by atoms with Gasteiger partial charge in [0.2, 0.25) is 0 Å². The van der Waals surface area contributed by atoms with Crippen molar-refractivity contribution in [2.24, 2.45) is 5.73 Å². The molecule has 16 heavy (non-hydrogen) atoms. The van der Waals surface area contributed by atoms with E-state index in [1.165, 1.54) is 0 Å². The number of nitrogens with zero attached hydrogens (tertiary/aromatic N) is 1. The molecule has 1 aromatic rings. The quantitative estimate of drug-likeness (QED) is 0.824. The summed E-state index contributed by atoms with van der Waals surface area (Å²) in [6.07, 6.45) is -4.72. The van der Waals surface area contributed by atoms with Gasteiger partial charge in [0, 0.05) is 18.2 Å². The highest BCUT2D eigenvalue weighted by atomic mass is 19.4. The Hall–Kier alpha value is -1.24. The average Bonchev–Trinajstić information content (AvgIpc) is 2.16. The first kappa shape index (κ1) is 12.8. The molecule has 0 aliphatic carbocycles. The van der Waals surface area contributed by atoms with E-state index in [-0.39, 0.29) is 6.54 Å². The fourth-order valence-electron chi connectivity index (χ4n) is 1.10. The van der Waals surface area contributed by atoms with E-state index in [2.05, 4.69) is 4.98 Å². The molecule has 0 aromatic carbocycles. The van der Waals surface area contributed by atoms with Crippen molar-refractivity contribution in [2.75, 3.05) is 6.54 Å². The lowest BCUT2D eigenvalue weighted by Gasteiger charge is -2.15. The van der Waals surface area contributed by atoms with Gasteiger partial charge in [-0.3, -0.25) is 4.98 Å². The van der Waals surface area contributed by atoms with Crippen molar-refractivity contribution in [2.45, 2.75) is 18.5 Å². The summed E-state index contributed by atoms with van der Waals surface area (Å²) in [7, 11) is 0. The Morgan fingerprint density at radius 2 is 1.75 bits per heavy atom. The summed E-state index contributed by atoms with van der Waals surface area (Å²) in [5, 5.41) is 0. The topological polar surface area (TPSA) is 38.9 Å². The van der Waals surface area contributed by atoms with Crippen LogP contribution in [0.25, 0.3) is 0 Å². The molecule has 0 aliphatic rings. The lowest BCUT2D eigenvalue weighted by Crippen LogP contribution is -2.19. The van der Waals surface area contributed by atoms with Crippen LogP contribution in [0.5, 0.6) is 0 Å². The molecular formula is C9H9F5N2. The second-order valence-electron chi connectivity index (χ2n) is 3.17. The maximum atomic E-state index is 13.2. The normalized spacial score (nSPS) is 12.9. The highest BCUT2D eigenvalue weighted by Gasteiger charge is 2.35. The van der Waals surface area contributed by atoms with Gasteiger partial charge in [-0.2, -0.15) is 13.2 Å². The number of aromatic nitrogens is 1. The van der Waals surface area contributed by atoms with Crippen molar-refractivity contribution in [3.8, 4) is 0 Å². The van der Waals surface area contributed by atoms with Gasteiger partial charge in [-0.05, 0) is 18.7 Å². The standard InChI is InChI=1S/C9H9F5N2/c10-8(11,3-4-15)6-1-2-7(16-5-6)9(12,13)14/h1-2,5H,3-4,15H2. The van der Waals surface area contributed by atoms with Crippen LogP contribution in [-0.2, 0) is 12.1 Å². The number of pyridine rings is 1. The summed E-state index contributed by atoms with van der Waals surface area (Å²) in [6, 6.07) is 1.24. The van der Waals surface area contributed by atoms with E-state index in [1.807, 2.05) is 0 Å². The van der Waals surface area contributed by atoms with E-state index in [1.54, 1.807) is 0 Å². The van der Waals surface area contributed by atoms with E-state index in [0.717, 1.165) is 0 Å². The number of halogens is 5. The number of rotatable bonds is 3. The first-order valence-corrected chi connectivity index (χ1v) is 4.39. The van der Waals surface area contributed by atoms with E-state index >= 15 is 0 Å². The van der Waals surface area contributed by atoms with Crippen molar-refractivity contribution in [3.63, 3.8) is 0 Å². The van der Waals surface area contributed by atoms with Gasteiger partial charge in [0.1, 0.15) is 5.69 Å². The van der Waals surface area contributed by atoms with Crippen molar-refractivity contribution in [1.82, 2.24) is 4.98 Å². The predicted octanol–water partition coefficient (Wildman–Crippen LogP) is 2.54. The van der Waals surface area contributed by atoms with Crippen molar-refractivity contribution in [1.29, 1.82) is 0 Å². The molecule has 1 heterocycles. The van der Waals surface area contributed by atoms with Crippen LogP contribution in [0.1, 0.15) is 17.7 Å². The number of hydrogen-bond acceptors (Lipinski definition) is 2. The maximum Gasteiger partial charge on any atom is 0.433 e. The lowest BCUT2D eigenvalue weighted by molar-refractivity contribution is -0.141. The highest BCUT2D eigenvalue weighted by molar-refractivity contribution is 5.20.